The molecular formula is C13H12N4O4. The summed E-state index contributed by atoms with van der Waals surface area (Å²) in [5.74, 6) is 0.405. The van der Waals surface area contributed by atoms with Crippen molar-refractivity contribution in [3.8, 4) is 17.5 Å². The summed E-state index contributed by atoms with van der Waals surface area (Å²) < 4.78 is 7.68. The van der Waals surface area contributed by atoms with Crippen LogP contribution in [0, 0.1) is 0 Å². The number of aryl methyl sites for hydroxylation is 1. The first-order chi connectivity index (χ1) is 9.97. The van der Waals surface area contributed by atoms with Gasteiger partial charge in [-0.2, -0.15) is 4.98 Å². The van der Waals surface area contributed by atoms with Gasteiger partial charge in [0.05, 0.1) is 0 Å². The van der Waals surface area contributed by atoms with Crippen molar-refractivity contribution in [2.75, 3.05) is 0 Å². The quantitative estimate of drug-likeness (QED) is 0.713. The zero-order valence-electron chi connectivity index (χ0n) is 11.3. The van der Waals surface area contributed by atoms with Crippen LogP contribution in [0.3, 0.4) is 0 Å². The Morgan fingerprint density at radius 2 is 2.00 bits per heavy atom. The van der Waals surface area contributed by atoms with E-state index in [0.717, 1.165) is 4.57 Å². The van der Waals surface area contributed by atoms with Gasteiger partial charge in [-0.25, -0.2) is 4.79 Å². The van der Waals surface area contributed by atoms with Crippen molar-refractivity contribution < 1.29 is 9.84 Å². The molecule has 0 fully saturated rings. The largest absolute Gasteiger partial charge is 0.508 e. The van der Waals surface area contributed by atoms with Gasteiger partial charge in [-0.05, 0) is 12.1 Å². The maximum absolute atomic E-state index is 12.0. The second-order valence-corrected chi connectivity index (χ2v) is 4.55. The Kier molecular flexibility index (Phi) is 2.79. The standard InChI is InChI=1S/C13H12N4O4/c1-16-10-9(11(19)17(2)13(16)20)14-12(15-10)21-8-5-3-4-7(18)6-8/h3-6,18H,1-2H3,(H,14,15). The lowest BCUT2D eigenvalue weighted by molar-refractivity contribution is 0.436. The maximum atomic E-state index is 12.0. The summed E-state index contributed by atoms with van der Waals surface area (Å²) in [4.78, 5) is 30.6. The second kappa shape index (κ2) is 4.51. The summed E-state index contributed by atoms with van der Waals surface area (Å²) in [6.07, 6.45) is 0. The highest BCUT2D eigenvalue weighted by Gasteiger charge is 2.14. The molecule has 1 aromatic carbocycles. The number of aromatic hydroxyl groups is 1. The summed E-state index contributed by atoms with van der Waals surface area (Å²) in [6, 6.07) is 6.22. The molecule has 108 valence electrons. The first-order valence-electron chi connectivity index (χ1n) is 6.10. The number of hydrogen-bond donors (Lipinski definition) is 2. The van der Waals surface area contributed by atoms with E-state index >= 15 is 0 Å². The molecule has 0 aliphatic heterocycles. The number of fused-ring (bicyclic) bond motifs is 1. The van der Waals surface area contributed by atoms with Gasteiger partial charge in [0.25, 0.3) is 5.56 Å². The summed E-state index contributed by atoms with van der Waals surface area (Å²) >= 11 is 0. The van der Waals surface area contributed by atoms with Crippen LogP contribution in [0.1, 0.15) is 0 Å². The minimum Gasteiger partial charge on any atom is -0.508 e. The number of aromatic nitrogens is 4. The van der Waals surface area contributed by atoms with Gasteiger partial charge < -0.3 is 14.8 Å². The lowest BCUT2D eigenvalue weighted by Gasteiger charge is -2.01. The molecular weight excluding hydrogens is 276 g/mol. The molecule has 0 atom stereocenters. The lowest BCUT2D eigenvalue weighted by Crippen LogP contribution is -2.36. The third kappa shape index (κ3) is 2.06. The molecule has 8 nitrogen and oxygen atoms in total. The van der Waals surface area contributed by atoms with E-state index in [2.05, 4.69) is 9.97 Å². The van der Waals surface area contributed by atoms with E-state index in [1.54, 1.807) is 12.1 Å². The number of phenolic OH excluding ortho intramolecular Hbond substituents is 1. The van der Waals surface area contributed by atoms with Crippen molar-refractivity contribution in [3.63, 3.8) is 0 Å². The number of phenols is 1. The highest BCUT2D eigenvalue weighted by molar-refractivity contribution is 5.70. The molecule has 0 saturated carbocycles. The van der Waals surface area contributed by atoms with E-state index < -0.39 is 11.2 Å². The van der Waals surface area contributed by atoms with Gasteiger partial charge in [0, 0.05) is 20.2 Å². The Balaban J connectivity index is 2.14. The fourth-order valence-electron chi connectivity index (χ4n) is 2.01. The molecule has 0 unspecified atom stereocenters. The molecule has 2 heterocycles. The van der Waals surface area contributed by atoms with Crippen LogP contribution in [-0.4, -0.2) is 24.2 Å². The number of rotatable bonds is 2. The van der Waals surface area contributed by atoms with Gasteiger partial charge in [0.1, 0.15) is 11.5 Å². The molecule has 2 N–H and O–H groups in total. The SMILES string of the molecule is Cn1c(=O)c2[nH]c(Oc3cccc(O)c3)nc2n(C)c1=O. The highest BCUT2D eigenvalue weighted by Crippen LogP contribution is 2.23. The van der Waals surface area contributed by atoms with Crippen LogP contribution in [0.2, 0.25) is 0 Å². The molecule has 0 radical (unpaired) electrons. The van der Waals surface area contributed by atoms with Gasteiger partial charge in [0.2, 0.25) is 0 Å². The molecule has 3 aromatic rings. The monoisotopic (exact) mass is 288 g/mol. The number of H-pyrrole nitrogens is 1. The highest BCUT2D eigenvalue weighted by atomic mass is 16.5. The number of aromatic amines is 1. The minimum atomic E-state index is -0.480. The van der Waals surface area contributed by atoms with Gasteiger partial charge in [-0.1, -0.05) is 6.07 Å². The van der Waals surface area contributed by atoms with E-state index in [9.17, 15) is 14.7 Å². The summed E-state index contributed by atoms with van der Waals surface area (Å²) in [6.45, 7) is 0. The predicted molar refractivity (Wildman–Crippen MR) is 74.8 cm³/mol. The number of benzene rings is 1. The van der Waals surface area contributed by atoms with E-state index in [0.29, 0.717) is 5.75 Å². The Labute approximate surface area is 117 Å². The van der Waals surface area contributed by atoms with Gasteiger partial charge in [-0.3, -0.25) is 13.9 Å². The number of nitrogens with zero attached hydrogens (tertiary/aromatic N) is 3. The van der Waals surface area contributed by atoms with E-state index in [1.165, 1.54) is 30.8 Å². The fourth-order valence-corrected chi connectivity index (χ4v) is 2.01. The third-order valence-electron chi connectivity index (χ3n) is 3.11. The average Bonchev–Trinajstić information content (AvgIpc) is 2.87. The number of nitrogens with one attached hydrogen (secondary N) is 1. The van der Waals surface area contributed by atoms with E-state index in [-0.39, 0.29) is 22.9 Å². The number of ether oxygens (including phenoxy) is 1. The van der Waals surface area contributed by atoms with Crippen LogP contribution in [0.5, 0.6) is 17.5 Å². The molecule has 0 spiro atoms. The van der Waals surface area contributed by atoms with Crippen LogP contribution in [0.4, 0.5) is 0 Å². The summed E-state index contributed by atoms with van der Waals surface area (Å²) in [5.41, 5.74) is -0.567. The van der Waals surface area contributed by atoms with E-state index in [1.807, 2.05) is 0 Å². The normalized spacial score (nSPS) is 11.0. The lowest BCUT2D eigenvalue weighted by atomic mass is 10.3. The topological polar surface area (TPSA) is 102 Å². The van der Waals surface area contributed by atoms with E-state index in [4.69, 9.17) is 4.74 Å². The predicted octanol–water partition coefficient (Wildman–Crippen LogP) is 0.458. The van der Waals surface area contributed by atoms with Gasteiger partial charge in [0.15, 0.2) is 11.2 Å². The molecule has 0 amide bonds. The molecule has 0 aliphatic rings. The van der Waals surface area contributed by atoms with Crippen molar-refractivity contribution in [1.82, 2.24) is 19.1 Å². The Morgan fingerprint density at radius 3 is 2.71 bits per heavy atom. The number of hydrogen-bond acceptors (Lipinski definition) is 5. The third-order valence-corrected chi connectivity index (χ3v) is 3.11. The van der Waals surface area contributed by atoms with Crippen LogP contribution in [-0.2, 0) is 14.1 Å². The van der Waals surface area contributed by atoms with Crippen molar-refractivity contribution in [2.45, 2.75) is 0 Å². The van der Waals surface area contributed by atoms with Crippen molar-refractivity contribution >= 4 is 11.2 Å². The number of imidazole rings is 1. The van der Waals surface area contributed by atoms with Crippen molar-refractivity contribution in [1.29, 1.82) is 0 Å². The molecule has 2 aromatic heterocycles. The summed E-state index contributed by atoms with van der Waals surface area (Å²) in [7, 11) is 2.91. The van der Waals surface area contributed by atoms with Crippen LogP contribution in [0.15, 0.2) is 33.9 Å². The minimum absolute atomic E-state index is 0.0481. The Hall–Kier alpha value is -3.03. The zero-order chi connectivity index (χ0) is 15.1. The van der Waals surface area contributed by atoms with Crippen molar-refractivity contribution in [3.05, 3.63) is 45.1 Å². The molecule has 3 rings (SSSR count). The van der Waals surface area contributed by atoms with Crippen LogP contribution in [0.25, 0.3) is 11.2 Å². The molecule has 0 aliphatic carbocycles. The molecule has 0 saturated heterocycles. The Morgan fingerprint density at radius 1 is 1.24 bits per heavy atom. The molecule has 21 heavy (non-hydrogen) atoms. The smallest absolute Gasteiger partial charge is 0.332 e. The van der Waals surface area contributed by atoms with Gasteiger partial charge in [-0.15, -0.1) is 0 Å². The first-order valence-corrected chi connectivity index (χ1v) is 6.10. The average molecular weight is 288 g/mol. The zero-order valence-corrected chi connectivity index (χ0v) is 11.3. The Bertz CT molecular complexity index is 951. The first kappa shape index (κ1) is 13.0. The fraction of sp³-hybridized carbons (Fsp3) is 0.154. The second-order valence-electron chi connectivity index (χ2n) is 4.55. The van der Waals surface area contributed by atoms with Gasteiger partial charge >= 0.3 is 11.7 Å². The summed E-state index contributed by atoms with van der Waals surface area (Å²) in [5, 5.41) is 9.38. The molecule has 0 bridgehead atoms. The van der Waals surface area contributed by atoms with Crippen molar-refractivity contribution in [2.24, 2.45) is 14.1 Å². The van der Waals surface area contributed by atoms with Crippen LogP contribution < -0.4 is 16.0 Å². The molecule has 8 heteroatoms. The van der Waals surface area contributed by atoms with Crippen LogP contribution >= 0.6 is 0 Å². The maximum Gasteiger partial charge on any atom is 0.332 e.